The van der Waals surface area contributed by atoms with Gasteiger partial charge in [0.05, 0.1) is 62.6 Å². The molecule has 0 saturated carbocycles. The molecule has 336 valence electrons. The van der Waals surface area contributed by atoms with Crippen LogP contribution in [0.3, 0.4) is 0 Å². The molecule has 0 aliphatic rings. The van der Waals surface area contributed by atoms with E-state index >= 15 is 0 Å². The second-order valence-electron chi connectivity index (χ2n) is 14.8. The number of aromatic nitrogens is 6. The Balaban J connectivity index is 0.000000153. The van der Waals surface area contributed by atoms with Crippen LogP contribution in [-0.2, 0) is 0 Å². The van der Waals surface area contributed by atoms with Gasteiger partial charge in [0.25, 0.3) is 0 Å². The molecule has 0 aliphatic carbocycles. The number of aryl methyl sites for hydroxylation is 1. The maximum absolute atomic E-state index is 9.54. The Bertz CT molecular complexity index is 3280. The van der Waals surface area contributed by atoms with Crippen molar-refractivity contribution >= 4 is 0 Å². The van der Waals surface area contributed by atoms with E-state index in [9.17, 15) is 15.8 Å². The number of benzene rings is 3. The molecule has 6 heterocycles. The van der Waals surface area contributed by atoms with Crippen LogP contribution < -0.4 is 18.9 Å². The molecule has 6 aromatic heterocycles. The van der Waals surface area contributed by atoms with Crippen molar-refractivity contribution in [1.82, 2.24) is 29.9 Å². The highest BCUT2D eigenvalue weighted by Gasteiger charge is 2.19. The van der Waals surface area contributed by atoms with Gasteiger partial charge >= 0.3 is 0 Å². The van der Waals surface area contributed by atoms with E-state index in [-0.39, 0.29) is 5.88 Å². The van der Waals surface area contributed by atoms with Gasteiger partial charge < -0.3 is 18.9 Å². The van der Waals surface area contributed by atoms with Crippen LogP contribution in [0.15, 0.2) is 170 Å². The molecule has 0 bridgehead atoms. The van der Waals surface area contributed by atoms with E-state index < -0.39 is 0 Å². The smallest absolute Gasteiger partial charge is 0.232 e. The summed E-state index contributed by atoms with van der Waals surface area (Å²) in [6, 6.07) is 54.3. The summed E-state index contributed by atoms with van der Waals surface area (Å²) in [6.07, 6.45) is 5.13. The van der Waals surface area contributed by atoms with Gasteiger partial charge in [-0.05, 0) is 90.3 Å². The van der Waals surface area contributed by atoms with Crippen LogP contribution >= 0.6 is 0 Å². The second-order valence-corrected chi connectivity index (χ2v) is 14.8. The van der Waals surface area contributed by atoms with E-state index in [1.54, 1.807) is 25.7 Å². The minimum absolute atomic E-state index is 0.284. The minimum atomic E-state index is 0.284. The highest BCUT2D eigenvalue weighted by atomic mass is 16.5. The zero-order valence-electron chi connectivity index (χ0n) is 38.3. The predicted molar refractivity (Wildman–Crippen MR) is 264 cm³/mol. The van der Waals surface area contributed by atoms with Crippen LogP contribution in [0, 0.1) is 40.9 Å². The Hall–Kier alpha value is -9.77. The van der Waals surface area contributed by atoms with Crippen molar-refractivity contribution in [3.05, 3.63) is 193 Å². The van der Waals surface area contributed by atoms with Crippen molar-refractivity contribution in [2.45, 2.75) is 6.92 Å². The van der Waals surface area contributed by atoms with Crippen molar-refractivity contribution < 1.29 is 18.9 Å². The van der Waals surface area contributed by atoms with Gasteiger partial charge in [0.1, 0.15) is 40.6 Å². The fourth-order valence-electron chi connectivity index (χ4n) is 7.07. The molecular weight excluding hydrogens is 863 g/mol. The summed E-state index contributed by atoms with van der Waals surface area (Å²) in [5.41, 5.74) is 11.7. The first kappa shape index (κ1) is 47.2. The number of methoxy groups -OCH3 is 4. The highest BCUT2D eigenvalue weighted by Crippen LogP contribution is 2.36. The summed E-state index contributed by atoms with van der Waals surface area (Å²) >= 11 is 0. The van der Waals surface area contributed by atoms with Crippen molar-refractivity contribution in [3.63, 3.8) is 0 Å². The molecule has 13 heteroatoms. The third-order valence-electron chi connectivity index (χ3n) is 10.5. The summed E-state index contributed by atoms with van der Waals surface area (Å²) in [4.78, 5) is 26.2. The molecule has 0 aliphatic heterocycles. The monoisotopic (exact) mass is 905 g/mol. The molecule has 9 aromatic rings. The summed E-state index contributed by atoms with van der Waals surface area (Å²) in [6.45, 7) is 2.03. The third kappa shape index (κ3) is 11.2. The quantitative estimate of drug-likeness (QED) is 0.126. The van der Waals surface area contributed by atoms with Gasteiger partial charge in [0, 0.05) is 35.3 Å². The molecule has 0 unspecified atom stereocenters. The van der Waals surface area contributed by atoms with Gasteiger partial charge in [-0.15, -0.1) is 0 Å². The normalized spacial score (nSPS) is 10.1. The Morgan fingerprint density at radius 1 is 0.362 bits per heavy atom. The van der Waals surface area contributed by atoms with Gasteiger partial charge in [0.15, 0.2) is 0 Å². The zero-order valence-corrected chi connectivity index (χ0v) is 38.3. The van der Waals surface area contributed by atoms with Crippen LogP contribution in [0.4, 0.5) is 0 Å². The molecular formula is C56H43N9O4. The van der Waals surface area contributed by atoms with E-state index in [1.165, 1.54) is 26.9 Å². The molecule has 3 aromatic carbocycles. The number of nitriles is 3. The molecule has 0 spiro atoms. The minimum Gasteiger partial charge on any atom is -0.497 e. The standard InChI is InChI=1S/C19H15N3O2.C19H15N3O.C18H13N3O/c1-23-14-8-6-13(7-9-14)15-11-18(17-5-3-4-10-21-17)22-19(24-2)16(15)12-20;1-13-6-8-14(9-7-13)15-11-18(17-5-3-4-10-21-17)22-19(23-2)16(15)12-20;1-22-18-15(12-19)14(13-7-3-2-4-8-13)11-17(21-18)16-9-5-6-10-20-16/h3-11H,1-2H3;3-11H,1-2H3;2-11H,1H3. The molecule has 0 radical (unpaired) electrons. The molecule has 0 N–H and O–H groups in total. The Labute approximate surface area is 400 Å². The average Bonchev–Trinajstić information content (AvgIpc) is 3.43. The van der Waals surface area contributed by atoms with Crippen LogP contribution in [0.2, 0.25) is 0 Å². The van der Waals surface area contributed by atoms with Crippen LogP contribution in [0.5, 0.6) is 23.4 Å². The molecule has 0 amide bonds. The number of ether oxygens (including phenoxy) is 4. The first-order valence-corrected chi connectivity index (χ1v) is 21.3. The summed E-state index contributed by atoms with van der Waals surface area (Å²) in [7, 11) is 6.15. The lowest BCUT2D eigenvalue weighted by molar-refractivity contribution is 0.397. The first-order chi connectivity index (χ1) is 33.8. The van der Waals surface area contributed by atoms with E-state index in [1.807, 2.05) is 159 Å². The predicted octanol–water partition coefficient (Wildman–Crippen LogP) is 11.4. The van der Waals surface area contributed by atoms with Crippen molar-refractivity contribution in [2.24, 2.45) is 0 Å². The molecule has 9 rings (SSSR count). The van der Waals surface area contributed by atoms with Gasteiger partial charge in [-0.1, -0.05) is 90.5 Å². The van der Waals surface area contributed by atoms with Gasteiger partial charge in [-0.25, -0.2) is 15.0 Å². The van der Waals surface area contributed by atoms with Crippen LogP contribution in [-0.4, -0.2) is 58.3 Å². The topological polar surface area (TPSA) is 186 Å². The van der Waals surface area contributed by atoms with Crippen molar-refractivity contribution in [2.75, 3.05) is 28.4 Å². The zero-order chi connectivity index (χ0) is 48.5. The fraction of sp³-hybridized carbons (Fsp3) is 0.0893. The van der Waals surface area contributed by atoms with E-state index in [0.717, 1.165) is 56.2 Å². The maximum atomic E-state index is 9.54. The lowest BCUT2D eigenvalue weighted by Gasteiger charge is -2.11. The van der Waals surface area contributed by atoms with Crippen molar-refractivity contribution in [1.29, 1.82) is 15.8 Å². The Morgan fingerprint density at radius 3 is 1.00 bits per heavy atom. The molecule has 69 heavy (non-hydrogen) atoms. The van der Waals surface area contributed by atoms with Gasteiger partial charge in [-0.3, -0.25) is 15.0 Å². The summed E-state index contributed by atoms with van der Waals surface area (Å²) < 4.78 is 21.1. The third-order valence-corrected chi connectivity index (χ3v) is 10.5. The number of nitrogens with zero attached hydrogens (tertiary/aromatic N) is 9. The first-order valence-electron chi connectivity index (χ1n) is 21.3. The number of hydrogen-bond acceptors (Lipinski definition) is 13. The van der Waals surface area contributed by atoms with E-state index in [2.05, 4.69) is 48.1 Å². The van der Waals surface area contributed by atoms with Gasteiger partial charge in [-0.2, -0.15) is 15.8 Å². The fourth-order valence-corrected chi connectivity index (χ4v) is 7.07. The van der Waals surface area contributed by atoms with E-state index in [4.69, 9.17) is 18.9 Å². The van der Waals surface area contributed by atoms with Crippen LogP contribution in [0.1, 0.15) is 22.3 Å². The van der Waals surface area contributed by atoms with Gasteiger partial charge in [0.2, 0.25) is 17.6 Å². The van der Waals surface area contributed by atoms with Crippen LogP contribution in [0.25, 0.3) is 67.5 Å². The van der Waals surface area contributed by atoms with E-state index in [0.29, 0.717) is 45.5 Å². The largest absolute Gasteiger partial charge is 0.497 e. The SMILES string of the molecule is COc1ccc(-c2cc(-c3ccccn3)nc(OC)c2C#N)cc1.COc1nc(-c2ccccn2)cc(-c2ccc(C)cc2)c1C#N.COc1nc(-c2ccccn2)cc(-c2ccccc2)c1C#N. The number of hydrogen-bond donors (Lipinski definition) is 0. The Kier molecular flexibility index (Phi) is 15.7. The lowest BCUT2D eigenvalue weighted by Crippen LogP contribution is -1.98. The summed E-state index contributed by atoms with van der Waals surface area (Å²) in [5, 5.41) is 28.5. The second kappa shape index (κ2) is 22.9. The molecule has 0 saturated heterocycles. The molecule has 0 atom stereocenters. The molecule has 0 fully saturated rings. The summed E-state index contributed by atoms with van der Waals surface area (Å²) in [5.74, 6) is 1.66. The number of pyridine rings is 6. The highest BCUT2D eigenvalue weighted by molar-refractivity contribution is 5.79. The van der Waals surface area contributed by atoms with Crippen molar-refractivity contribution in [3.8, 4) is 109 Å². The maximum Gasteiger partial charge on any atom is 0.232 e. The average molecular weight is 906 g/mol. The Morgan fingerprint density at radius 2 is 0.696 bits per heavy atom. The number of rotatable bonds is 10. The molecule has 13 nitrogen and oxygen atoms in total. The lowest BCUT2D eigenvalue weighted by atomic mass is 9.99.